The van der Waals surface area contributed by atoms with Gasteiger partial charge in [0.2, 0.25) is 0 Å². The van der Waals surface area contributed by atoms with Crippen LogP contribution in [0.25, 0.3) is 10.8 Å². The minimum Gasteiger partial charge on any atom is -0.481 e. The fraction of sp³-hybridized carbons (Fsp3) is 0.310. The van der Waals surface area contributed by atoms with Crippen LogP contribution in [0.5, 0.6) is 0 Å². The predicted octanol–water partition coefficient (Wildman–Crippen LogP) is 8.39. The van der Waals surface area contributed by atoms with Gasteiger partial charge < -0.3 is 24.7 Å². The summed E-state index contributed by atoms with van der Waals surface area (Å²) in [6, 6.07) is 25.2. The molecule has 0 saturated heterocycles. The molecule has 0 amide bonds. The third-order valence-corrected chi connectivity index (χ3v) is 9.95. The normalized spacial score (nSPS) is 20.8. The van der Waals surface area contributed by atoms with Gasteiger partial charge in [0.05, 0.1) is 36.2 Å². The molecule has 2 aliphatic heterocycles. The molecule has 2 atom stereocenters. The summed E-state index contributed by atoms with van der Waals surface area (Å²) in [6.45, 7) is 2.77. The van der Waals surface area contributed by atoms with Gasteiger partial charge in [-0.2, -0.15) is 5.26 Å². The van der Waals surface area contributed by atoms with Crippen LogP contribution in [-0.4, -0.2) is 46.2 Å². The molecule has 0 aromatic heterocycles. The monoisotopic (exact) mass is 669 g/mol. The lowest BCUT2D eigenvalue weighted by molar-refractivity contribution is -0.138. The van der Waals surface area contributed by atoms with Crippen molar-refractivity contribution in [3.05, 3.63) is 137 Å². The Morgan fingerprint density at radius 2 is 1.78 bits per heavy atom. The van der Waals surface area contributed by atoms with E-state index in [-0.39, 0.29) is 25.4 Å². The Bertz CT molecular complexity index is 1950. The molecule has 0 saturated carbocycles. The van der Waals surface area contributed by atoms with E-state index in [2.05, 4.69) is 84.6 Å². The van der Waals surface area contributed by atoms with E-state index in [0.717, 1.165) is 61.1 Å². The van der Waals surface area contributed by atoms with E-state index in [9.17, 15) is 25.1 Å². The third kappa shape index (κ3) is 7.09. The first-order valence-corrected chi connectivity index (χ1v) is 17.5. The number of aliphatic carboxylic acids is 2. The summed E-state index contributed by atoms with van der Waals surface area (Å²) in [5.41, 5.74) is 4.33. The van der Waals surface area contributed by atoms with Crippen molar-refractivity contribution in [1.82, 2.24) is 4.90 Å². The fourth-order valence-corrected chi connectivity index (χ4v) is 7.71. The minimum absolute atomic E-state index is 0.0194. The highest BCUT2D eigenvalue weighted by molar-refractivity contribution is 5.94. The first kappa shape index (κ1) is 34.3. The number of anilines is 1. The van der Waals surface area contributed by atoms with Gasteiger partial charge in [-0.15, -0.1) is 0 Å². The minimum atomic E-state index is -0.894. The highest BCUT2D eigenvalue weighted by atomic mass is 16.5. The van der Waals surface area contributed by atoms with Gasteiger partial charge in [-0.25, -0.2) is 0 Å². The number of carbonyl (C=O) groups is 2. The number of allylic oxidation sites excluding steroid dienone is 7. The Morgan fingerprint density at radius 3 is 2.54 bits per heavy atom. The zero-order valence-electron chi connectivity index (χ0n) is 28.4. The van der Waals surface area contributed by atoms with Gasteiger partial charge in [0, 0.05) is 36.7 Å². The molecule has 6 rings (SSSR count). The first-order chi connectivity index (χ1) is 24.3. The quantitative estimate of drug-likeness (QED) is 0.130. The van der Waals surface area contributed by atoms with E-state index < -0.39 is 17.4 Å². The van der Waals surface area contributed by atoms with Gasteiger partial charge in [0.25, 0.3) is 0 Å². The molecule has 2 heterocycles. The van der Waals surface area contributed by atoms with Crippen LogP contribution >= 0.6 is 0 Å². The van der Waals surface area contributed by atoms with Crippen molar-refractivity contribution in [3.63, 3.8) is 0 Å². The maximum Gasteiger partial charge on any atom is 0.305 e. The van der Waals surface area contributed by atoms with Crippen LogP contribution < -0.4 is 4.90 Å². The SMILES string of the molecule is CCCCC1(Cc2ccccc2)c2c(ccc3ccccc23)N(CCC(=O)O)C1/C=C/C(C#N)=C/C=C1\OC2=C(C=CCC2)N1CCC(=O)O. The second-order valence-corrected chi connectivity index (χ2v) is 13.1. The first-order valence-electron chi connectivity index (χ1n) is 17.5. The van der Waals surface area contributed by atoms with E-state index in [1.54, 1.807) is 12.2 Å². The van der Waals surface area contributed by atoms with Gasteiger partial charge in [-0.1, -0.05) is 92.6 Å². The Labute approximate surface area is 293 Å². The topological polar surface area (TPSA) is 114 Å². The van der Waals surface area contributed by atoms with Crippen molar-refractivity contribution >= 4 is 28.4 Å². The molecule has 8 heteroatoms. The summed E-state index contributed by atoms with van der Waals surface area (Å²) in [7, 11) is 0. The number of nitriles is 1. The van der Waals surface area contributed by atoms with E-state index in [4.69, 9.17) is 4.74 Å². The number of ether oxygens (including phenoxy) is 1. The number of rotatable bonds is 14. The van der Waals surface area contributed by atoms with Gasteiger partial charge in [0.1, 0.15) is 5.76 Å². The third-order valence-electron chi connectivity index (χ3n) is 9.95. The molecule has 2 N–H and O–H groups in total. The Hall–Kier alpha value is -5.55. The number of hydrogen-bond acceptors (Lipinski definition) is 6. The van der Waals surface area contributed by atoms with Crippen molar-refractivity contribution in [3.8, 4) is 6.07 Å². The van der Waals surface area contributed by atoms with Gasteiger partial charge in [-0.3, -0.25) is 9.59 Å². The lowest BCUT2D eigenvalue weighted by Gasteiger charge is -2.39. The van der Waals surface area contributed by atoms with Crippen molar-refractivity contribution in [2.75, 3.05) is 18.0 Å². The Morgan fingerprint density at radius 1 is 1.02 bits per heavy atom. The molecule has 50 heavy (non-hydrogen) atoms. The summed E-state index contributed by atoms with van der Waals surface area (Å²) >= 11 is 0. The van der Waals surface area contributed by atoms with E-state index in [1.165, 1.54) is 16.5 Å². The van der Waals surface area contributed by atoms with Crippen LogP contribution in [0, 0.1) is 11.3 Å². The molecule has 0 fully saturated rings. The molecule has 1 aliphatic carbocycles. The average molecular weight is 670 g/mol. The Balaban J connectivity index is 1.45. The lowest BCUT2D eigenvalue weighted by atomic mass is 9.67. The predicted molar refractivity (Wildman–Crippen MR) is 195 cm³/mol. The molecule has 3 aromatic rings. The van der Waals surface area contributed by atoms with E-state index >= 15 is 0 Å². The van der Waals surface area contributed by atoms with Gasteiger partial charge in [-0.05, 0) is 65.5 Å². The zero-order valence-corrected chi connectivity index (χ0v) is 28.4. The van der Waals surface area contributed by atoms with Crippen molar-refractivity contribution in [2.24, 2.45) is 0 Å². The number of fused-ring (bicyclic) bond motifs is 3. The van der Waals surface area contributed by atoms with Crippen LogP contribution in [0.1, 0.15) is 63.0 Å². The maximum atomic E-state index is 12.0. The van der Waals surface area contributed by atoms with Gasteiger partial charge >= 0.3 is 11.9 Å². The molecular weight excluding hydrogens is 626 g/mol. The second-order valence-electron chi connectivity index (χ2n) is 13.1. The summed E-state index contributed by atoms with van der Waals surface area (Å²) in [6.07, 6.45) is 16.5. The lowest BCUT2D eigenvalue weighted by Crippen LogP contribution is -2.46. The van der Waals surface area contributed by atoms with Crippen LogP contribution in [0.15, 0.2) is 126 Å². The van der Waals surface area contributed by atoms with Crippen LogP contribution in [0.3, 0.4) is 0 Å². The number of carboxylic acids is 2. The van der Waals surface area contributed by atoms with Crippen LogP contribution in [0.4, 0.5) is 5.69 Å². The van der Waals surface area contributed by atoms with Gasteiger partial charge in [0.15, 0.2) is 5.88 Å². The van der Waals surface area contributed by atoms with Crippen molar-refractivity contribution in [1.29, 1.82) is 5.26 Å². The molecule has 2 unspecified atom stereocenters. The number of nitrogens with zero attached hydrogens (tertiary/aromatic N) is 3. The fourth-order valence-electron chi connectivity index (χ4n) is 7.71. The zero-order chi connectivity index (χ0) is 35.1. The molecule has 8 nitrogen and oxygen atoms in total. The molecule has 0 spiro atoms. The molecule has 0 bridgehead atoms. The van der Waals surface area contributed by atoms with E-state index in [0.29, 0.717) is 18.0 Å². The molecular formula is C42H43N3O5. The summed E-state index contributed by atoms with van der Waals surface area (Å²) in [4.78, 5) is 27.5. The summed E-state index contributed by atoms with van der Waals surface area (Å²) in [5, 5.41) is 31.8. The summed E-state index contributed by atoms with van der Waals surface area (Å²) in [5.74, 6) is -0.454. The highest BCUT2D eigenvalue weighted by Gasteiger charge is 2.50. The molecule has 0 radical (unpaired) electrons. The standard InChI is InChI=1S/C42H43N3O5/c1-2-3-25-42(28-30-11-5-4-6-12-30)37(44(26-23-39(46)47)35-20-19-32-13-7-8-14-33(32)41(35)42)21-17-31(29-43)18-22-38-45(27-24-40(48)49)34-15-9-10-16-36(34)50-38/h4-9,11-15,17-22,37H,2-3,10,16,23-28H2,1H3,(H,46,47)(H,48,49)/b21-17+,31-18-,38-22-. The molecule has 3 aliphatic rings. The average Bonchev–Trinajstić information content (AvgIpc) is 3.61. The van der Waals surface area contributed by atoms with Crippen LogP contribution in [0.2, 0.25) is 0 Å². The number of benzene rings is 3. The number of hydrogen-bond donors (Lipinski definition) is 2. The smallest absolute Gasteiger partial charge is 0.305 e. The molecule has 3 aromatic carbocycles. The van der Waals surface area contributed by atoms with E-state index in [1.807, 2.05) is 29.2 Å². The summed E-state index contributed by atoms with van der Waals surface area (Å²) < 4.78 is 6.16. The number of carboxylic acid groups (broad SMARTS) is 2. The largest absolute Gasteiger partial charge is 0.481 e. The second kappa shape index (κ2) is 15.3. The number of unbranched alkanes of at least 4 members (excludes halogenated alkanes) is 1. The van der Waals surface area contributed by atoms with Crippen molar-refractivity contribution in [2.45, 2.75) is 69.7 Å². The maximum absolute atomic E-state index is 12.0. The van der Waals surface area contributed by atoms with Crippen molar-refractivity contribution < 1.29 is 24.5 Å². The highest BCUT2D eigenvalue weighted by Crippen LogP contribution is 2.53. The van der Waals surface area contributed by atoms with Crippen LogP contribution in [-0.2, 0) is 26.2 Å². The Kier molecular flexibility index (Phi) is 10.5. The molecule has 256 valence electrons.